The van der Waals surface area contributed by atoms with E-state index >= 15 is 0 Å². The minimum atomic E-state index is -4.19. The molecule has 0 aliphatic carbocycles. The third kappa shape index (κ3) is 5.00. The largest absolute Gasteiger partial charge is 0.500 e. The highest BCUT2D eigenvalue weighted by atomic mass is 32.2. The van der Waals surface area contributed by atoms with E-state index in [9.17, 15) is 13.5 Å². The van der Waals surface area contributed by atoms with Crippen LogP contribution in [0.25, 0.3) is 11.1 Å². The Kier molecular flexibility index (Phi) is 7.31. The molecule has 3 aromatic carbocycles. The Morgan fingerprint density at radius 3 is 2.06 bits per heavy atom. The first-order chi connectivity index (χ1) is 15.3. The molecule has 0 amide bonds. The Balaban J connectivity index is 1.83. The Morgan fingerprint density at radius 1 is 0.969 bits per heavy atom. The second kappa shape index (κ2) is 9.96. The number of aliphatic hydroxyl groups is 1. The normalized spacial score (nSPS) is 12.8. The van der Waals surface area contributed by atoms with Crippen molar-refractivity contribution in [3.8, 4) is 28.7 Å². The Labute approximate surface area is 193 Å². The summed E-state index contributed by atoms with van der Waals surface area (Å²) in [6.07, 6.45) is 0.115. The first-order valence-electron chi connectivity index (χ1n) is 9.79. The zero-order chi connectivity index (χ0) is 23.2. The first-order valence-corrected chi connectivity index (χ1v) is 11.7. The van der Waals surface area contributed by atoms with Crippen molar-refractivity contribution < 1.29 is 18.3 Å². The van der Waals surface area contributed by atoms with Gasteiger partial charge in [0.2, 0.25) is 14.7 Å². The van der Waals surface area contributed by atoms with Crippen molar-refractivity contribution in [2.24, 2.45) is 5.73 Å². The maximum atomic E-state index is 13.2. The summed E-state index contributed by atoms with van der Waals surface area (Å²) in [5, 5.41) is 9.20. The summed E-state index contributed by atoms with van der Waals surface area (Å²) in [5.74, 6) is 6.39. The molecule has 0 bridgehead atoms. The molecule has 3 aromatic rings. The molecule has 0 saturated carbocycles. The number of hydrogen-bond donors (Lipinski definition) is 2. The SMILES string of the molecule is COc1ccc(-c2ccc(S(=O)(=O)C(N)(CC#CCc3ccccc3)C(O)=S)cc2)cc1. The predicted molar refractivity (Wildman–Crippen MR) is 130 cm³/mol. The van der Waals surface area contributed by atoms with Crippen LogP contribution in [0.4, 0.5) is 0 Å². The van der Waals surface area contributed by atoms with Crippen molar-refractivity contribution in [1.29, 1.82) is 0 Å². The number of rotatable bonds is 7. The number of sulfone groups is 1. The van der Waals surface area contributed by atoms with E-state index in [1.54, 1.807) is 19.2 Å². The van der Waals surface area contributed by atoms with Crippen molar-refractivity contribution in [1.82, 2.24) is 0 Å². The lowest BCUT2D eigenvalue weighted by molar-refractivity contribution is 0.415. The fourth-order valence-electron chi connectivity index (χ4n) is 3.06. The van der Waals surface area contributed by atoms with Crippen LogP contribution < -0.4 is 10.5 Å². The molecule has 0 fully saturated rings. The summed E-state index contributed by atoms with van der Waals surface area (Å²) in [5.41, 5.74) is 8.83. The van der Waals surface area contributed by atoms with Gasteiger partial charge >= 0.3 is 0 Å². The van der Waals surface area contributed by atoms with Crippen LogP contribution in [0.1, 0.15) is 12.0 Å². The van der Waals surface area contributed by atoms with Gasteiger partial charge in [0.25, 0.3) is 0 Å². The number of benzene rings is 3. The van der Waals surface area contributed by atoms with E-state index in [1.807, 2.05) is 54.6 Å². The van der Waals surface area contributed by atoms with Crippen LogP contribution in [0.2, 0.25) is 0 Å². The molecule has 3 rings (SSSR count). The van der Waals surface area contributed by atoms with Gasteiger partial charge in [-0.25, -0.2) is 8.42 Å². The molecule has 7 heteroatoms. The number of hydrogen-bond acceptors (Lipinski definition) is 5. The number of ether oxygens (including phenoxy) is 1. The molecular weight excluding hydrogens is 442 g/mol. The molecule has 0 aromatic heterocycles. The Morgan fingerprint density at radius 2 is 1.53 bits per heavy atom. The maximum Gasteiger partial charge on any atom is 0.206 e. The van der Waals surface area contributed by atoms with Gasteiger partial charge in [0.1, 0.15) is 5.75 Å². The third-order valence-corrected chi connectivity index (χ3v) is 7.72. The minimum Gasteiger partial charge on any atom is -0.500 e. The van der Waals surface area contributed by atoms with E-state index < -0.39 is 19.8 Å². The molecule has 1 unspecified atom stereocenters. The van der Waals surface area contributed by atoms with Gasteiger partial charge in [0.05, 0.1) is 18.4 Å². The first kappa shape index (κ1) is 23.5. The average molecular weight is 466 g/mol. The molecule has 0 aliphatic heterocycles. The lowest BCUT2D eigenvalue weighted by atomic mass is 10.1. The van der Waals surface area contributed by atoms with Gasteiger partial charge in [-0.15, -0.1) is 0 Å². The Hall–Kier alpha value is -3.18. The third-order valence-electron chi connectivity index (χ3n) is 5.04. The predicted octanol–water partition coefficient (Wildman–Crippen LogP) is 4.31. The smallest absolute Gasteiger partial charge is 0.206 e. The van der Waals surface area contributed by atoms with E-state index in [2.05, 4.69) is 11.8 Å². The van der Waals surface area contributed by atoms with Crippen LogP contribution in [0.5, 0.6) is 5.75 Å². The van der Waals surface area contributed by atoms with Crippen LogP contribution in [0.15, 0.2) is 83.8 Å². The van der Waals surface area contributed by atoms with Gasteiger partial charge in [0.15, 0.2) is 5.05 Å². The van der Waals surface area contributed by atoms with Gasteiger partial charge in [0, 0.05) is 6.42 Å². The standard InChI is InChI=1S/C25H23NO4S2/c1-30-22-14-10-20(11-15-22)21-12-16-23(17-13-21)32(28,29)25(26,24(27)31)18-6-5-9-19-7-3-2-4-8-19/h2-4,7-8,10-17H,9,18,26H2,1H3,(H,27,31). The van der Waals surface area contributed by atoms with E-state index in [-0.39, 0.29) is 11.3 Å². The highest BCUT2D eigenvalue weighted by Gasteiger charge is 2.45. The van der Waals surface area contributed by atoms with E-state index in [0.29, 0.717) is 6.42 Å². The highest BCUT2D eigenvalue weighted by Crippen LogP contribution is 2.29. The molecular formula is C25H23NO4S2. The van der Waals surface area contributed by atoms with Gasteiger partial charge in [-0.2, -0.15) is 0 Å². The van der Waals surface area contributed by atoms with Crippen molar-refractivity contribution in [2.75, 3.05) is 7.11 Å². The summed E-state index contributed by atoms with van der Waals surface area (Å²) in [4.78, 5) is -2.23. The number of thiocarbonyl (C=S) groups is 1. The molecule has 0 saturated heterocycles. The zero-order valence-electron chi connectivity index (χ0n) is 17.5. The number of nitrogens with two attached hydrogens (primary N) is 1. The highest BCUT2D eigenvalue weighted by molar-refractivity contribution is 7.95. The maximum absolute atomic E-state index is 13.2. The molecule has 32 heavy (non-hydrogen) atoms. The minimum absolute atomic E-state index is 0.0430. The van der Waals surface area contributed by atoms with E-state index in [0.717, 1.165) is 22.4 Å². The molecule has 0 radical (unpaired) electrons. The van der Waals surface area contributed by atoms with Crippen LogP contribution >= 0.6 is 12.2 Å². The van der Waals surface area contributed by atoms with Crippen LogP contribution in [0, 0.1) is 11.8 Å². The summed E-state index contributed by atoms with van der Waals surface area (Å²) in [6.45, 7) is 0. The van der Waals surface area contributed by atoms with Gasteiger partial charge in [-0.1, -0.05) is 66.4 Å². The molecule has 5 nitrogen and oxygen atoms in total. The average Bonchev–Trinajstić information content (AvgIpc) is 2.82. The van der Waals surface area contributed by atoms with Gasteiger partial charge < -0.3 is 15.6 Å². The topological polar surface area (TPSA) is 89.6 Å². The quantitative estimate of drug-likeness (QED) is 0.399. The number of methoxy groups -OCH3 is 1. The van der Waals surface area contributed by atoms with Gasteiger partial charge in [-0.3, -0.25) is 0 Å². The summed E-state index contributed by atoms with van der Waals surface area (Å²) >= 11 is 4.82. The zero-order valence-corrected chi connectivity index (χ0v) is 19.1. The van der Waals surface area contributed by atoms with Crippen LogP contribution in [-0.4, -0.2) is 30.6 Å². The second-order valence-electron chi connectivity index (χ2n) is 7.14. The number of aliphatic hydroxyl groups excluding tert-OH is 1. The molecule has 164 valence electrons. The molecule has 0 heterocycles. The van der Waals surface area contributed by atoms with Crippen molar-refractivity contribution >= 4 is 27.1 Å². The summed E-state index contributed by atoms with van der Waals surface area (Å²) in [6, 6.07) is 23.2. The van der Waals surface area contributed by atoms with Crippen molar-refractivity contribution in [2.45, 2.75) is 22.6 Å². The summed E-state index contributed by atoms with van der Waals surface area (Å²) in [7, 11) is -2.60. The van der Waals surface area contributed by atoms with Crippen molar-refractivity contribution in [3.63, 3.8) is 0 Å². The summed E-state index contributed by atoms with van der Waals surface area (Å²) < 4.78 is 31.6. The lowest BCUT2D eigenvalue weighted by Gasteiger charge is -2.25. The van der Waals surface area contributed by atoms with E-state index in [1.165, 1.54) is 12.1 Å². The molecule has 1 atom stereocenters. The van der Waals surface area contributed by atoms with Crippen LogP contribution in [-0.2, 0) is 16.3 Å². The van der Waals surface area contributed by atoms with Gasteiger partial charge in [-0.05, 0) is 53.2 Å². The fourth-order valence-corrected chi connectivity index (χ4v) is 4.87. The van der Waals surface area contributed by atoms with E-state index in [4.69, 9.17) is 22.7 Å². The molecule has 3 N–H and O–H groups in total. The molecule has 0 spiro atoms. The fraction of sp³-hybridized carbons (Fsp3) is 0.160. The van der Waals surface area contributed by atoms with Crippen molar-refractivity contribution in [3.05, 3.63) is 84.4 Å². The molecule has 0 aliphatic rings. The Bertz CT molecular complexity index is 1240. The van der Waals surface area contributed by atoms with Crippen LogP contribution in [0.3, 0.4) is 0 Å². The monoisotopic (exact) mass is 465 g/mol. The lowest BCUT2D eigenvalue weighted by Crippen LogP contribution is -2.53. The second-order valence-corrected chi connectivity index (χ2v) is 9.74.